The second-order valence-electron chi connectivity index (χ2n) is 6.79. The molecule has 130 valence electrons. The third kappa shape index (κ3) is 3.73. The molecule has 0 saturated carbocycles. The van der Waals surface area contributed by atoms with Crippen LogP contribution >= 0.6 is 0 Å². The van der Waals surface area contributed by atoms with Gasteiger partial charge >= 0.3 is 6.09 Å². The number of nitrogens with zero attached hydrogens (tertiary/aromatic N) is 1. The molecule has 1 aliphatic heterocycles. The Balaban J connectivity index is 1.96. The largest absolute Gasteiger partial charge is 0.447 e. The van der Waals surface area contributed by atoms with Gasteiger partial charge in [0.05, 0.1) is 12.1 Å². The highest BCUT2D eigenvalue weighted by molar-refractivity contribution is 6.01. The number of carbonyl (C=O) groups excluding carboxylic acids is 2. The van der Waals surface area contributed by atoms with Crippen LogP contribution in [0.25, 0.3) is 0 Å². The topological polar surface area (TPSA) is 46.6 Å². The minimum absolute atomic E-state index is 0.0333. The SMILES string of the molecule is CC(C)C[C@@H](C(=O)c1ccccc1)N1C(=O)OC[C@@H]1c1ccccc1. The van der Waals surface area contributed by atoms with E-state index in [0.29, 0.717) is 12.0 Å². The number of carbonyl (C=O) groups is 2. The Morgan fingerprint density at radius 2 is 1.68 bits per heavy atom. The fourth-order valence-electron chi connectivity index (χ4n) is 3.30. The van der Waals surface area contributed by atoms with Crippen LogP contribution in [0.4, 0.5) is 4.79 Å². The van der Waals surface area contributed by atoms with Crippen LogP contribution in [0.5, 0.6) is 0 Å². The molecule has 2 aromatic rings. The third-order valence-corrected chi connectivity index (χ3v) is 4.49. The van der Waals surface area contributed by atoms with Crippen LogP contribution in [0.3, 0.4) is 0 Å². The predicted octanol–water partition coefficient (Wildman–Crippen LogP) is 4.48. The Labute approximate surface area is 148 Å². The number of ketones is 1. The van der Waals surface area contributed by atoms with Crippen molar-refractivity contribution in [2.24, 2.45) is 5.92 Å². The van der Waals surface area contributed by atoms with Gasteiger partial charge in [-0.3, -0.25) is 9.69 Å². The lowest BCUT2D eigenvalue weighted by Gasteiger charge is -2.31. The zero-order chi connectivity index (χ0) is 17.8. The molecule has 0 aromatic heterocycles. The van der Waals surface area contributed by atoms with Crippen molar-refractivity contribution in [2.75, 3.05) is 6.61 Å². The summed E-state index contributed by atoms with van der Waals surface area (Å²) in [6.45, 7) is 4.40. The molecule has 2 aromatic carbocycles. The minimum atomic E-state index is -0.525. The van der Waals surface area contributed by atoms with E-state index in [1.807, 2.05) is 48.5 Å². The first-order chi connectivity index (χ1) is 12.1. The van der Waals surface area contributed by atoms with E-state index >= 15 is 0 Å². The fraction of sp³-hybridized carbons (Fsp3) is 0.333. The summed E-state index contributed by atoms with van der Waals surface area (Å²) in [5.41, 5.74) is 1.61. The molecule has 0 spiro atoms. The maximum Gasteiger partial charge on any atom is 0.411 e. The van der Waals surface area contributed by atoms with Gasteiger partial charge < -0.3 is 4.74 Å². The zero-order valence-corrected chi connectivity index (χ0v) is 14.6. The highest BCUT2D eigenvalue weighted by Gasteiger charge is 2.42. The van der Waals surface area contributed by atoms with Gasteiger partial charge in [0.15, 0.2) is 5.78 Å². The summed E-state index contributed by atoms with van der Waals surface area (Å²) in [6, 6.07) is 18.2. The van der Waals surface area contributed by atoms with Crippen LogP contribution in [0, 0.1) is 5.92 Å². The first-order valence-electron chi connectivity index (χ1n) is 8.67. The van der Waals surface area contributed by atoms with Crippen LogP contribution in [-0.4, -0.2) is 29.4 Å². The van der Waals surface area contributed by atoms with E-state index in [2.05, 4.69) is 13.8 Å². The van der Waals surface area contributed by atoms with Crippen molar-refractivity contribution in [1.82, 2.24) is 4.90 Å². The van der Waals surface area contributed by atoms with E-state index in [9.17, 15) is 9.59 Å². The molecule has 3 rings (SSSR count). The molecule has 0 bridgehead atoms. The van der Waals surface area contributed by atoms with Crippen LogP contribution < -0.4 is 0 Å². The molecular formula is C21H23NO3. The van der Waals surface area contributed by atoms with Crippen molar-refractivity contribution in [2.45, 2.75) is 32.4 Å². The van der Waals surface area contributed by atoms with Crippen molar-refractivity contribution in [3.05, 3.63) is 71.8 Å². The van der Waals surface area contributed by atoms with Crippen molar-refractivity contribution in [3.8, 4) is 0 Å². The lowest BCUT2D eigenvalue weighted by atomic mass is 9.93. The summed E-state index contributed by atoms with van der Waals surface area (Å²) in [7, 11) is 0. The predicted molar refractivity (Wildman–Crippen MR) is 96.4 cm³/mol. The molecule has 0 aliphatic carbocycles. The van der Waals surface area contributed by atoms with E-state index in [-0.39, 0.29) is 24.3 Å². The molecule has 1 fully saturated rings. The smallest absolute Gasteiger partial charge is 0.411 e. The Kier molecular flexibility index (Phi) is 5.17. The highest BCUT2D eigenvalue weighted by Crippen LogP contribution is 2.33. The maximum absolute atomic E-state index is 13.1. The summed E-state index contributed by atoms with van der Waals surface area (Å²) in [4.78, 5) is 27.2. The lowest BCUT2D eigenvalue weighted by molar-refractivity contribution is 0.0794. The van der Waals surface area contributed by atoms with Gasteiger partial charge in [-0.2, -0.15) is 0 Å². The highest BCUT2D eigenvalue weighted by atomic mass is 16.6. The summed E-state index contributed by atoms with van der Waals surface area (Å²) in [5, 5.41) is 0. The molecule has 1 amide bonds. The van der Waals surface area contributed by atoms with Gasteiger partial charge in [-0.05, 0) is 17.9 Å². The molecule has 1 aliphatic rings. The van der Waals surface area contributed by atoms with Gasteiger partial charge in [0.2, 0.25) is 0 Å². The van der Waals surface area contributed by atoms with Crippen molar-refractivity contribution < 1.29 is 14.3 Å². The first kappa shape index (κ1) is 17.2. The van der Waals surface area contributed by atoms with Crippen LogP contribution in [0.1, 0.15) is 42.2 Å². The Morgan fingerprint density at radius 1 is 1.08 bits per heavy atom. The van der Waals surface area contributed by atoms with E-state index in [1.165, 1.54) is 0 Å². The molecular weight excluding hydrogens is 314 g/mol. The van der Waals surface area contributed by atoms with Crippen molar-refractivity contribution >= 4 is 11.9 Å². The number of benzene rings is 2. The molecule has 2 atom stereocenters. The monoisotopic (exact) mass is 337 g/mol. The zero-order valence-electron chi connectivity index (χ0n) is 14.6. The molecule has 0 N–H and O–H groups in total. The van der Waals surface area contributed by atoms with Crippen LogP contribution in [-0.2, 0) is 4.74 Å². The van der Waals surface area contributed by atoms with Gasteiger partial charge in [0.1, 0.15) is 6.61 Å². The Bertz CT molecular complexity index is 727. The number of cyclic esters (lactones) is 1. The van der Waals surface area contributed by atoms with E-state index in [0.717, 1.165) is 5.56 Å². The lowest BCUT2D eigenvalue weighted by Crippen LogP contribution is -2.44. The minimum Gasteiger partial charge on any atom is -0.447 e. The van der Waals surface area contributed by atoms with Gasteiger partial charge in [0.25, 0.3) is 0 Å². The first-order valence-corrected chi connectivity index (χ1v) is 8.67. The van der Waals surface area contributed by atoms with Crippen molar-refractivity contribution in [3.63, 3.8) is 0 Å². The standard InChI is InChI=1S/C21H23NO3/c1-15(2)13-18(20(23)17-11-7-4-8-12-17)22-19(14-25-21(22)24)16-9-5-3-6-10-16/h3-12,15,18-19H,13-14H2,1-2H3/t18-,19+/m0/s1. The number of hydrogen-bond donors (Lipinski definition) is 0. The normalized spacial score (nSPS) is 18.3. The van der Waals surface area contributed by atoms with Crippen LogP contribution in [0.2, 0.25) is 0 Å². The number of hydrogen-bond acceptors (Lipinski definition) is 3. The average Bonchev–Trinajstić information content (AvgIpc) is 3.02. The molecule has 4 heteroatoms. The molecule has 25 heavy (non-hydrogen) atoms. The fourth-order valence-corrected chi connectivity index (χ4v) is 3.30. The van der Waals surface area contributed by atoms with Crippen LogP contribution in [0.15, 0.2) is 60.7 Å². The van der Waals surface area contributed by atoms with Gasteiger partial charge in [0, 0.05) is 5.56 Å². The number of ether oxygens (including phenoxy) is 1. The Morgan fingerprint density at radius 3 is 2.28 bits per heavy atom. The summed E-state index contributed by atoms with van der Waals surface area (Å²) < 4.78 is 5.32. The maximum atomic E-state index is 13.1. The molecule has 1 saturated heterocycles. The second kappa shape index (κ2) is 7.51. The third-order valence-electron chi connectivity index (χ3n) is 4.49. The van der Waals surface area contributed by atoms with Crippen molar-refractivity contribution in [1.29, 1.82) is 0 Å². The molecule has 0 radical (unpaired) electrons. The second-order valence-corrected chi connectivity index (χ2v) is 6.79. The summed E-state index contributed by atoms with van der Waals surface area (Å²) >= 11 is 0. The summed E-state index contributed by atoms with van der Waals surface area (Å²) in [6.07, 6.45) is 0.190. The Hall–Kier alpha value is -2.62. The number of amides is 1. The molecule has 1 heterocycles. The number of rotatable bonds is 6. The number of Topliss-reactive ketones (excluding diaryl/α,β-unsaturated/α-hetero) is 1. The van der Waals surface area contributed by atoms with E-state index < -0.39 is 12.1 Å². The molecule has 0 unspecified atom stereocenters. The quantitative estimate of drug-likeness (QED) is 0.730. The molecule has 4 nitrogen and oxygen atoms in total. The summed E-state index contributed by atoms with van der Waals surface area (Å²) in [5.74, 6) is 0.247. The van der Waals surface area contributed by atoms with Gasteiger partial charge in [-0.1, -0.05) is 74.5 Å². The van der Waals surface area contributed by atoms with E-state index in [1.54, 1.807) is 17.0 Å². The van der Waals surface area contributed by atoms with E-state index in [4.69, 9.17) is 4.74 Å². The van der Waals surface area contributed by atoms with Gasteiger partial charge in [-0.15, -0.1) is 0 Å². The van der Waals surface area contributed by atoms with Gasteiger partial charge in [-0.25, -0.2) is 4.79 Å². The average molecular weight is 337 g/mol.